The zero-order valence-electron chi connectivity index (χ0n) is 15.9. The van der Waals surface area contributed by atoms with Gasteiger partial charge in [-0.15, -0.1) is 0 Å². The van der Waals surface area contributed by atoms with Gasteiger partial charge in [-0.1, -0.05) is 6.07 Å². The number of anilines is 1. The van der Waals surface area contributed by atoms with Gasteiger partial charge in [-0.25, -0.2) is 4.79 Å². The molecule has 146 valence electrons. The van der Waals surface area contributed by atoms with Crippen LogP contribution in [0.15, 0.2) is 59.1 Å². The third-order valence-corrected chi connectivity index (χ3v) is 4.58. The quantitative estimate of drug-likeness (QED) is 0.516. The Kier molecular flexibility index (Phi) is 4.87. The number of methoxy groups -OCH3 is 1. The Balaban J connectivity index is 1.46. The molecule has 1 amide bonds. The molecule has 0 radical (unpaired) electrons. The van der Waals surface area contributed by atoms with Crippen LogP contribution in [-0.4, -0.2) is 30.6 Å². The number of nitrogens with zero attached hydrogens (tertiary/aromatic N) is 1. The standard InChI is InChI=1S/C22H18N2O5/c1-13-16-11-14(27-2)8-9-19(16)29-21(13)22(26)28-12-20(25)24-18-7-3-6-17-15(18)5-4-10-23-17/h3-11H,12H2,1-2H3,(H,24,25). The molecule has 0 saturated heterocycles. The Morgan fingerprint density at radius 1 is 1.10 bits per heavy atom. The predicted octanol–water partition coefficient (Wildman–Crippen LogP) is 4.09. The third kappa shape index (κ3) is 3.62. The second kappa shape index (κ2) is 7.63. The number of furan rings is 1. The van der Waals surface area contributed by atoms with Crippen molar-refractivity contribution in [2.45, 2.75) is 6.92 Å². The molecule has 4 aromatic rings. The van der Waals surface area contributed by atoms with Crippen LogP contribution in [0.4, 0.5) is 5.69 Å². The summed E-state index contributed by atoms with van der Waals surface area (Å²) in [7, 11) is 1.57. The van der Waals surface area contributed by atoms with Gasteiger partial charge in [0.2, 0.25) is 5.76 Å². The lowest BCUT2D eigenvalue weighted by Gasteiger charge is -2.08. The fourth-order valence-electron chi connectivity index (χ4n) is 3.12. The number of pyridine rings is 1. The van der Waals surface area contributed by atoms with Crippen LogP contribution >= 0.6 is 0 Å². The number of benzene rings is 2. The van der Waals surface area contributed by atoms with Crippen molar-refractivity contribution in [3.8, 4) is 5.75 Å². The minimum absolute atomic E-state index is 0.0652. The normalized spacial score (nSPS) is 10.8. The number of hydrogen-bond donors (Lipinski definition) is 1. The first-order chi connectivity index (χ1) is 14.1. The van der Waals surface area contributed by atoms with E-state index in [0.717, 1.165) is 16.3 Å². The molecule has 0 saturated carbocycles. The lowest BCUT2D eigenvalue weighted by Crippen LogP contribution is -2.21. The monoisotopic (exact) mass is 390 g/mol. The van der Waals surface area contributed by atoms with Crippen LogP contribution in [0.3, 0.4) is 0 Å². The first-order valence-corrected chi connectivity index (χ1v) is 8.94. The average molecular weight is 390 g/mol. The highest BCUT2D eigenvalue weighted by molar-refractivity contribution is 6.02. The highest BCUT2D eigenvalue weighted by atomic mass is 16.5. The average Bonchev–Trinajstić information content (AvgIpc) is 3.08. The van der Waals surface area contributed by atoms with Crippen LogP contribution in [-0.2, 0) is 9.53 Å². The summed E-state index contributed by atoms with van der Waals surface area (Å²) in [5.41, 5.74) is 2.53. The van der Waals surface area contributed by atoms with E-state index in [1.54, 1.807) is 56.6 Å². The fraction of sp³-hybridized carbons (Fsp3) is 0.136. The number of rotatable bonds is 5. The summed E-state index contributed by atoms with van der Waals surface area (Å²) in [6, 6.07) is 14.3. The molecule has 2 aromatic carbocycles. The number of carbonyl (C=O) groups excluding carboxylic acids is 2. The van der Waals surface area contributed by atoms with Gasteiger partial charge in [0.15, 0.2) is 6.61 Å². The summed E-state index contributed by atoms with van der Waals surface area (Å²) in [5.74, 6) is -0.432. The van der Waals surface area contributed by atoms with Crippen LogP contribution in [0.25, 0.3) is 21.9 Å². The van der Waals surface area contributed by atoms with Crippen LogP contribution < -0.4 is 10.1 Å². The van der Waals surface area contributed by atoms with Crippen molar-refractivity contribution in [1.29, 1.82) is 0 Å². The molecule has 0 aliphatic rings. The van der Waals surface area contributed by atoms with Crippen molar-refractivity contribution in [3.05, 3.63) is 66.1 Å². The van der Waals surface area contributed by atoms with Gasteiger partial charge in [0, 0.05) is 22.5 Å². The number of aryl methyl sites for hydroxylation is 1. The number of nitrogens with one attached hydrogen (secondary N) is 1. The highest BCUT2D eigenvalue weighted by Gasteiger charge is 2.20. The molecular weight excluding hydrogens is 372 g/mol. The largest absolute Gasteiger partial charge is 0.497 e. The molecule has 0 bridgehead atoms. The molecule has 0 unspecified atom stereocenters. The number of amides is 1. The van der Waals surface area contributed by atoms with Crippen LogP contribution in [0.1, 0.15) is 16.1 Å². The molecule has 7 nitrogen and oxygen atoms in total. The maximum absolute atomic E-state index is 12.4. The number of carbonyl (C=O) groups is 2. The Labute approximate surface area is 166 Å². The van der Waals surface area contributed by atoms with Gasteiger partial charge < -0.3 is 19.2 Å². The fourth-order valence-corrected chi connectivity index (χ4v) is 3.12. The number of hydrogen-bond acceptors (Lipinski definition) is 6. The Morgan fingerprint density at radius 3 is 2.79 bits per heavy atom. The Bertz CT molecular complexity index is 1220. The summed E-state index contributed by atoms with van der Waals surface area (Å²) >= 11 is 0. The van der Waals surface area contributed by atoms with Crippen molar-refractivity contribution in [2.24, 2.45) is 0 Å². The molecule has 2 aromatic heterocycles. The predicted molar refractivity (Wildman–Crippen MR) is 108 cm³/mol. The lowest BCUT2D eigenvalue weighted by atomic mass is 10.1. The van der Waals surface area contributed by atoms with E-state index in [2.05, 4.69) is 10.3 Å². The number of esters is 1. The summed E-state index contributed by atoms with van der Waals surface area (Å²) in [6.45, 7) is 1.32. The smallest absolute Gasteiger partial charge is 0.375 e. The Morgan fingerprint density at radius 2 is 1.97 bits per heavy atom. The first kappa shape index (κ1) is 18.5. The molecule has 0 fully saturated rings. The van der Waals surface area contributed by atoms with Crippen molar-refractivity contribution < 1.29 is 23.5 Å². The molecule has 0 aliphatic carbocycles. The van der Waals surface area contributed by atoms with Crippen LogP contribution in [0, 0.1) is 6.92 Å². The molecule has 2 heterocycles. The van der Waals surface area contributed by atoms with E-state index in [4.69, 9.17) is 13.9 Å². The van der Waals surface area contributed by atoms with Crippen molar-refractivity contribution in [1.82, 2.24) is 4.98 Å². The zero-order chi connectivity index (χ0) is 20.4. The van der Waals surface area contributed by atoms with E-state index < -0.39 is 18.5 Å². The van der Waals surface area contributed by atoms with Crippen LogP contribution in [0.5, 0.6) is 5.75 Å². The first-order valence-electron chi connectivity index (χ1n) is 8.94. The van der Waals surface area contributed by atoms with E-state index in [9.17, 15) is 9.59 Å². The zero-order valence-corrected chi connectivity index (χ0v) is 15.9. The number of aromatic nitrogens is 1. The minimum atomic E-state index is -0.701. The van der Waals surface area contributed by atoms with E-state index in [0.29, 0.717) is 22.6 Å². The molecule has 0 atom stereocenters. The molecule has 7 heteroatoms. The SMILES string of the molecule is COc1ccc2oc(C(=O)OCC(=O)Nc3cccc4ncccc34)c(C)c2c1. The minimum Gasteiger partial charge on any atom is -0.497 e. The second-order valence-electron chi connectivity index (χ2n) is 6.42. The highest BCUT2D eigenvalue weighted by Crippen LogP contribution is 2.29. The maximum Gasteiger partial charge on any atom is 0.375 e. The van der Waals surface area contributed by atoms with Gasteiger partial charge >= 0.3 is 5.97 Å². The molecule has 29 heavy (non-hydrogen) atoms. The maximum atomic E-state index is 12.4. The van der Waals surface area contributed by atoms with E-state index in [-0.39, 0.29) is 5.76 Å². The van der Waals surface area contributed by atoms with Gasteiger partial charge in [-0.05, 0) is 49.4 Å². The number of fused-ring (bicyclic) bond motifs is 2. The number of ether oxygens (including phenoxy) is 2. The van der Waals surface area contributed by atoms with Gasteiger partial charge in [0.25, 0.3) is 5.91 Å². The van der Waals surface area contributed by atoms with E-state index in [1.807, 2.05) is 12.1 Å². The third-order valence-electron chi connectivity index (χ3n) is 4.58. The van der Waals surface area contributed by atoms with Gasteiger partial charge in [0.1, 0.15) is 11.3 Å². The molecule has 1 N–H and O–H groups in total. The van der Waals surface area contributed by atoms with Crippen molar-refractivity contribution in [2.75, 3.05) is 19.0 Å². The van der Waals surface area contributed by atoms with Gasteiger partial charge in [0.05, 0.1) is 18.3 Å². The summed E-state index contributed by atoms with van der Waals surface area (Å²) in [4.78, 5) is 28.9. The molecule has 0 aliphatic heterocycles. The summed E-state index contributed by atoms with van der Waals surface area (Å²) in [6.07, 6.45) is 1.68. The second-order valence-corrected chi connectivity index (χ2v) is 6.42. The van der Waals surface area contributed by atoms with E-state index in [1.165, 1.54) is 0 Å². The van der Waals surface area contributed by atoms with Crippen molar-refractivity contribution in [3.63, 3.8) is 0 Å². The lowest BCUT2D eigenvalue weighted by molar-refractivity contribution is -0.119. The van der Waals surface area contributed by atoms with Crippen molar-refractivity contribution >= 4 is 39.4 Å². The summed E-state index contributed by atoms with van der Waals surface area (Å²) in [5, 5.41) is 4.30. The van der Waals surface area contributed by atoms with Crippen LogP contribution in [0.2, 0.25) is 0 Å². The Hall–Kier alpha value is -3.87. The molecular formula is C22H18N2O5. The molecule has 4 rings (SSSR count). The summed E-state index contributed by atoms with van der Waals surface area (Å²) < 4.78 is 15.9. The van der Waals surface area contributed by atoms with Gasteiger partial charge in [-0.2, -0.15) is 0 Å². The molecule has 0 spiro atoms. The van der Waals surface area contributed by atoms with E-state index >= 15 is 0 Å². The van der Waals surface area contributed by atoms with Gasteiger partial charge in [-0.3, -0.25) is 9.78 Å². The topological polar surface area (TPSA) is 90.7 Å².